The number of hydrogen-bond acceptors (Lipinski definition) is 4. The monoisotopic (exact) mass is 135 g/mol. The molecular formula is C5H5N5. The number of aromatic nitrogens is 4. The Kier molecular flexibility index (Phi) is 0.858. The first-order valence-electron chi connectivity index (χ1n) is 2.79. The molecule has 2 aromatic rings. The van der Waals surface area contributed by atoms with E-state index in [9.17, 15) is 0 Å². The van der Waals surface area contributed by atoms with Crippen LogP contribution in [0.1, 0.15) is 0 Å². The van der Waals surface area contributed by atoms with E-state index in [1.165, 1.54) is 4.52 Å². The molecule has 5 heteroatoms. The molecule has 0 saturated carbocycles. The predicted molar refractivity (Wildman–Crippen MR) is 35.2 cm³/mol. The van der Waals surface area contributed by atoms with Crippen LogP contribution in [0.2, 0.25) is 0 Å². The fourth-order valence-electron chi connectivity index (χ4n) is 0.762. The molecule has 0 saturated heterocycles. The van der Waals surface area contributed by atoms with Crippen molar-refractivity contribution < 1.29 is 0 Å². The van der Waals surface area contributed by atoms with Gasteiger partial charge in [0.15, 0.2) is 5.65 Å². The lowest BCUT2D eigenvalue weighted by Gasteiger charge is -1.92. The Balaban J connectivity index is 2.95. The molecule has 0 amide bonds. The van der Waals surface area contributed by atoms with Gasteiger partial charge in [0.25, 0.3) is 0 Å². The molecule has 0 bridgehead atoms. The number of rotatable bonds is 0. The van der Waals surface area contributed by atoms with Crippen molar-refractivity contribution in [1.82, 2.24) is 19.8 Å². The molecule has 0 spiro atoms. The number of nitrogen functional groups attached to an aromatic ring is 1. The van der Waals surface area contributed by atoms with Crippen LogP contribution in [0.4, 0.5) is 5.82 Å². The first-order valence-corrected chi connectivity index (χ1v) is 2.79. The summed E-state index contributed by atoms with van der Waals surface area (Å²) in [6, 6.07) is 1.67. The molecule has 0 atom stereocenters. The standard InChI is InChI=1S/C5H5N5/c6-4-1-2-7-5-3-8-9-10(4)5/h1-3H,6H2. The predicted octanol–water partition coefficient (Wildman–Crippen LogP) is -0.294. The first kappa shape index (κ1) is 5.16. The fraction of sp³-hybridized carbons (Fsp3) is 0. The maximum Gasteiger partial charge on any atom is 0.177 e. The Labute approximate surface area is 56.5 Å². The Bertz CT molecular complexity index is 352. The molecule has 0 aliphatic carbocycles. The van der Waals surface area contributed by atoms with Crippen molar-refractivity contribution in [3.05, 3.63) is 18.5 Å². The largest absolute Gasteiger partial charge is 0.383 e. The summed E-state index contributed by atoms with van der Waals surface area (Å²) in [5, 5.41) is 7.33. The highest BCUT2D eigenvalue weighted by atomic mass is 15.4. The maximum absolute atomic E-state index is 5.52. The topological polar surface area (TPSA) is 69.1 Å². The van der Waals surface area contributed by atoms with E-state index < -0.39 is 0 Å². The molecule has 5 nitrogen and oxygen atoms in total. The van der Waals surface area contributed by atoms with E-state index in [1.54, 1.807) is 18.5 Å². The lowest BCUT2D eigenvalue weighted by molar-refractivity contribution is 0.856. The van der Waals surface area contributed by atoms with Crippen LogP contribution < -0.4 is 5.73 Å². The van der Waals surface area contributed by atoms with Crippen molar-refractivity contribution in [2.45, 2.75) is 0 Å². The minimum Gasteiger partial charge on any atom is -0.383 e. The zero-order valence-electron chi connectivity index (χ0n) is 5.10. The Morgan fingerprint density at radius 2 is 2.40 bits per heavy atom. The number of nitrogens with zero attached hydrogens (tertiary/aromatic N) is 4. The van der Waals surface area contributed by atoms with Crippen molar-refractivity contribution in [3.8, 4) is 0 Å². The summed E-state index contributed by atoms with van der Waals surface area (Å²) >= 11 is 0. The molecule has 2 aromatic heterocycles. The van der Waals surface area contributed by atoms with Crippen LogP contribution in [0, 0.1) is 0 Å². The van der Waals surface area contributed by atoms with Gasteiger partial charge in [-0.25, -0.2) is 4.98 Å². The van der Waals surface area contributed by atoms with Crippen LogP contribution in [0.3, 0.4) is 0 Å². The van der Waals surface area contributed by atoms with Gasteiger partial charge in [-0.15, -0.1) is 5.10 Å². The van der Waals surface area contributed by atoms with Gasteiger partial charge in [0.05, 0.1) is 6.20 Å². The second-order valence-corrected chi connectivity index (χ2v) is 1.87. The Morgan fingerprint density at radius 3 is 3.20 bits per heavy atom. The molecule has 0 aliphatic heterocycles. The minimum absolute atomic E-state index is 0.544. The highest BCUT2D eigenvalue weighted by Crippen LogP contribution is 2.00. The van der Waals surface area contributed by atoms with Gasteiger partial charge in [-0.05, 0) is 6.07 Å². The lowest BCUT2D eigenvalue weighted by Crippen LogP contribution is -1.98. The summed E-state index contributed by atoms with van der Waals surface area (Å²) in [5.74, 6) is 0.544. The van der Waals surface area contributed by atoms with E-state index in [0.29, 0.717) is 11.5 Å². The van der Waals surface area contributed by atoms with E-state index in [4.69, 9.17) is 5.73 Å². The van der Waals surface area contributed by atoms with Crippen LogP contribution in [-0.4, -0.2) is 19.8 Å². The summed E-state index contributed by atoms with van der Waals surface area (Å²) in [6.07, 6.45) is 3.17. The number of hydrogen-bond donors (Lipinski definition) is 1. The van der Waals surface area contributed by atoms with Crippen LogP contribution in [0.25, 0.3) is 5.65 Å². The van der Waals surface area contributed by atoms with Crippen molar-refractivity contribution in [3.63, 3.8) is 0 Å². The van der Waals surface area contributed by atoms with Crippen LogP contribution in [0.15, 0.2) is 18.5 Å². The molecule has 2 heterocycles. The Hall–Kier alpha value is -1.65. The first-order chi connectivity index (χ1) is 4.88. The summed E-state index contributed by atoms with van der Waals surface area (Å²) < 4.78 is 1.47. The second-order valence-electron chi connectivity index (χ2n) is 1.87. The van der Waals surface area contributed by atoms with E-state index >= 15 is 0 Å². The molecule has 0 aromatic carbocycles. The average Bonchev–Trinajstić information content (AvgIpc) is 2.36. The van der Waals surface area contributed by atoms with Gasteiger partial charge in [-0.1, -0.05) is 5.21 Å². The molecule has 0 fully saturated rings. The second kappa shape index (κ2) is 1.66. The molecule has 2 rings (SSSR count). The van der Waals surface area contributed by atoms with Gasteiger partial charge in [-0.3, -0.25) is 0 Å². The SMILES string of the molecule is Nc1ccnc2cnnn12. The van der Waals surface area contributed by atoms with Crippen LogP contribution >= 0.6 is 0 Å². The third-order valence-electron chi connectivity index (χ3n) is 1.23. The van der Waals surface area contributed by atoms with Crippen LogP contribution in [0.5, 0.6) is 0 Å². The van der Waals surface area contributed by atoms with E-state index in [-0.39, 0.29) is 0 Å². The molecule has 0 unspecified atom stereocenters. The van der Waals surface area contributed by atoms with Gasteiger partial charge in [-0.2, -0.15) is 4.52 Å². The summed E-state index contributed by atoms with van der Waals surface area (Å²) in [6.45, 7) is 0. The van der Waals surface area contributed by atoms with Crippen molar-refractivity contribution in [1.29, 1.82) is 0 Å². The quantitative estimate of drug-likeness (QED) is 0.538. The van der Waals surface area contributed by atoms with Crippen molar-refractivity contribution in [2.75, 3.05) is 5.73 Å². The molecule has 10 heavy (non-hydrogen) atoms. The smallest absolute Gasteiger partial charge is 0.177 e. The minimum atomic E-state index is 0.544. The lowest BCUT2D eigenvalue weighted by atomic mass is 10.6. The van der Waals surface area contributed by atoms with Gasteiger partial charge >= 0.3 is 0 Å². The van der Waals surface area contributed by atoms with E-state index in [1.807, 2.05) is 0 Å². The third-order valence-corrected chi connectivity index (χ3v) is 1.23. The highest BCUT2D eigenvalue weighted by Gasteiger charge is 1.95. The summed E-state index contributed by atoms with van der Waals surface area (Å²) in [5.41, 5.74) is 6.19. The molecule has 50 valence electrons. The zero-order valence-corrected chi connectivity index (χ0v) is 5.10. The normalized spacial score (nSPS) is 10.4. The fourth-order valence-corrected chi connectivity index (χ4v) is 0.762. The van der Waals surface area contributed by atoms with Crippen molar-refractivity contribution in [2.24, 2.45) is 0 Å². The van der Waals surface area contributed by atoms with E-state index in [0.717, 1.165) is 0 Å². The zero-order chi connectivity index (χ0) is 6.97. The molecule has 2 N–H and O–H groups in total. The molecule has 0 radical (unpaired) electrons. The van der Waals surface area contributed by atoms with Gasteiger partial charge in [0.2, 0.25) is 0 Å². The van der Waals surface area contributed by atoms with Crippen LogP contribution in [-0.2, 0) is 0 Å². The highest BCUT2D eigenvalue weighted by molar-refractivity contribution is 5.41. The average molecular weight is 135 g/mol. The van der Waals surface area contributed by atoms with E-state index in [2.05, 4.69) is 15.3 Å². The summed E-state index contributed by atoms with van der Waals surface area (Å²) in [7, 11) is 0. The number of nitrogens with two attached hydrogens (primary N) is 1. The van der Waals surface area contributed by atoms with Gasteiger partial charge < -0.3 is 5.73 Å². The molecular weight excluding hydrogens is 130 g/mol. The third kappa shape index (κ3) is 0.540. The number of fused-ring (bicyclic) bond motifs is 1. The molecule has 0 aliphatic rings. The summed E-state index contributed by atoms with van der Waals surface area (Å²) in [4.78, 5) is 3.96. The van der Waals surface area contributed by atoms with Crippen molar-refractivity contribution >= 4 is 11.5 Å². The number of anilines is 1. The maximum atomic E-state index is 5.52. The Morgan fingerprint density at radius 1 is 1.50 bits per heavy atom. The van der Waals surface area contributed by atoms with Gasteiger partial charge in [0.1, 0.15) is 5.82 Å². The van der Waals surface area contributed by atoms with Gasteiger partial charge in [0, 0.05) is 6.20 Å².